The van der Waals surface area contributed by atoms with Crippen LogP contribution in [0.2, 0.25) is 0 Å². The van der Waals surface area contributed by atoms with Gasteiger partial charge in [0.1, 0.15) is 5.65 Å². The van der Waals surface area contributed by atoms with Crippen LogP contribution in [0.25, 0.3) is 22.3 Å². The Labute approximate surface area is 89.9 Å². The molecule has 5 heteroatoms. The molecule has 4 rings (SSSR count). The molecule has 0 aliphatic carbocycles. The summed E-state index contributed by atoms with van der Waals surface area (Å²) in [5.74, 6) is 0. The van der Waals surface area contributed by atoms with Crippen LogP contribution >= 0.6 is 0 Å². The Balaban J connectivity index is 2.30. The second-order valence-electron chi connectivity index (χ2n) is 3.62. The lowest BCUT2D eigenvalue weighted by Gasteiger charge is -1.98. The maximum Gasteiger partial charge on any atom is 0.203 e. The van der Waals surface area contributed by atoms with Crippen LogP contribution in [-0.2, 0) is 0 Å². The van der Waals surface area contributed by atoms with Crippen molar-refractivity contribution in [3.8, 4) is 0 Å². The number of rotatable bonds is 0. The van der Waals surface area contributed by atoms with Gasteiger partial charge in [-0.15, -0.1) is 5.10 Å². The largest absolute Gasteiger partial charge is 0.352 e. The maximum atomic E-state index is 4.56. The fourth-order valence-electron chi connectivity index (χ4n) is 1.89. The second kappa shape index (κ2) is 2.57. The number of hydrogen-bond donors (Lipinski definition) is 0. The molecule has 1 aromatic carbocycles. The molecule has 0 atom stereocenters. The smallest absolute Gasteiger partial charge is 0.203 e. The molecule has 0 saturated carbocycles. The van der Waals surface area contributed by atoms with E-state index in [1.807, 2.05) is 47.2 Å². The van der Waals surface area contributed by atoms with Crippen molar-refractivity contribution in [2.75, 3.05) is 0 Å². The molecule has 0 aliphatic heterocycles. The maximum absolute atomic E-state index is 4.56. The van der Waals surface area contributed by atoms with Crippen LogP contribution in [0, 0.1) is 0 Å². The van der Waals surface area contributed by atoms with Crippen molar-refractivity contribution in [3.05, 3.63) is 42.7 Å². The molecule has 0 bridgehead atoms. The average molecular weight is 209 g/mol. The highest BCUT2D eigenvalue weighted by atomic mass is 15.5. The quantitative estimate of drug-likeness (QED) is 0.398. The van der Waals surface area contributed by atoms with Crippen LogP contribution in [-0.4, -0.2) is 14.5 Å². The topological polar surface area (TPSA) is 48.4 Å². The molecule has 0 amide bonds. The Kier molecular flexibility index (Phi) is 1.26. The fraction of sp³-hybridized carbons (Fsp3) is 0. The van der Waals surface area contributed by atoms with E-state index in [2.05, 4.69) is 15.1 Å². The van der Waals surface area contributed by atoms with E-state index in [9.17, 15) is 0 Å². The second-order valence-corrected chi connectivity index (χ2v) is 3.62. The first-order valence-corrected chi connectivity index (χ1v) is 5.00. The standard InChI is InChI=1S/C11H7N5/c1-2-5-9-8(4-1)12-10-11(13-9)15-6-3-7-16(15)14-10/h1-7H. The molecular formula is C11H7N5. The monoisotopic (exact) mass is 209 g/mol. The zero-order valence-corrected chi connectivity index (χ0v) is 8.28. The van der Waals surface area contributed by atoms with Crippen LogP contribution in [0.15, 0.2) is 42.7 Å². The fourth-order valence-corrected chi connectivity index (χ4v) is 1.89. The number of nitrogens with zero attached hydrogens (tertiary/aromatic N) is 5. The van der Waals surface area contributed by atoms with Gasteiger partial charge in [-0.2, -0.15) is 4.52 Å². The van der Waals surface area contributed by atoms with E-state index in [1.54, 1.807) is 4.63 Å². The minimum atomic E-state index is 0.666. The Morgan fingerprint density at radius 2 is 1.88 bits per heavy atom. The summed E-state index contributed by atoms with van der Waals surface area (Å²) in [6, 6.07) is 9.72. The third kappa shape index (κ3) is 0.869. The van der Waals surface area contributed by atoms with Gasteiger partial charge < -0.3 is 4.98 Å². The summed E-state index contributed by atoms with van der Waals surface area (Å²) in [6.45, 7) is 0. The van der Waals surface area contributed by atoms with Crippen molar-refractivity contribution in [1.82, 2.24) is 19.6 Å². The average Bonchev–Trinajstić information content (AvgIpc) is 2.86. The van der Waals surface area contributed by atoms with Crippen molar-refractivity contribution in [3.63, 3.8) is 0 Å². The molecule has 3 heterocycles. The Morgan fingerprint density at radius 1 is 1.06 bits per heavy atom. The summed E-state index contributed by atoms with van der Waals surface area (Å²) in [4.78, 5) is 9.03. The Bertz CT molecular complexity index is 810. The van der Waals surface area contributed by atoms with Crippen molar-refractivity contribution in [1.29, 1.82) is 0 Å². The van der Waals surface area contributed by atoms with Gasteiger partial charge >= 0.3 is 0 Å². The normalized spacial score (nSPS) is 11.8. The van der Waals surface area contributed by atoms with Gasteiger partial charge in [0.25, 0.3) is 0 Å². The number of hydrogen-bond acceptors (Lipinski definition) is 2. The zero-order valence-electron chi connectivity index (χ0n) is 8.28. The Hall–Kier alpha value is -2.43. The first-order valence-electron chi connectivity index (χ1n) is 5.00. The Morgan fingerprint density at radius 3 is 2.75 bits per heavy atom. The van der Waals surface area contributed by atoms with Crippen molar-refractivity contribution < 1.29 is 4.63 Å². The minimum absolute atomic E-state index is 0.666. The van der Waals surface area contributed by atoms with Gasteiger partial charge in [0.2, 0.25) is 6.20 Å². The van der Waals surface area contributed by atoms with E-state index in [1.165, 1.54) is 0 Å². The van der Waals surface area contributed by atoms with E-state index in [4.69, 9.17) is 0 Å². The zero-order chi connectivity index (χ0) is 10.5. The molecule has 0 spiro atoms. The molecule has 0 unspecified atom stereocenters. The van der Waals surface area contributed by atoms with E-state index in [-0.39, 0.29) is 0 Å². The van der Waals surface area contributed by atoms with E-state index < -0.39 is 0 Å². The van der Waals surface area contributed by atoms with E-state index in [0.29, 0.717) is 5.65 Å². The van der Waals surface area contributed by atoms with Gasteiger partial charge in [-0.1, -0.05) is 22.8 Å². The van der Waals surface area contributed by atoms with Gasteiger partial charge in [-0.3, -0.25) is 0 Å². The first-order chi connectivity index (χ1) is 7.92. The highest BCUT2D eigenvalue weighted by Crippen LogP contribution is 2.12. The predicted octanol–water partition coefficient (Wildman–Crippen LogP) is 0.578. The van der Waals surface area contributed by atoms with Crippen LogP contribution in [0.3, 0.4) is 0 Å². The van der Waals surface area contributed by atoms with Gasteiger partial charge in [-0.05, 0) is 6.07 Å². The molecule has 16 heavy (non-hydrogen) atoms. The summed E-state index contributed by atoms with van der Waals surface area (Å²) in [6.07, 6.45) is 3.78. The molecule has 0 N–H and O–H groups in total. The third-order valence-corrected chi connectivity index (χ3v) is 2.62. The van der Waals surface area contributed by atoms with Crippen LogP contribution < -0.4 is 9.73 Å². The summed E-state index contributed by atoms with van der Waals surface area (Å²) in [5, 5.41) is 4.33. The molecule has 4 aromatic rings. The van der Waals surface area contributed by atoms with Crippen molar-refractivity contribution >= 4 is 22.3 Å². The molecule has 0 radical (unpaired) electrons. The van der Waals surface area contributed by atoms with E-state index >= 15 is 0 Å². The number of aromatic nitrogens is 5. The summed E-state index contributed by atoms with van der Waals surface area (Å²) in [7, 11) is 0. The first kappa shape index (κ1) is 7.81. The molecule has 3 aromatic heterocycles. The lowest BCUT2D eigenvalue weighted by Crippen LogP contribution is -2.28. The summed E-state index contributed by atoms with van der Waals surface area (Å²) < 4.78 is 3.60. The van der Waals surface area contributed by atoms with Crippen LogP contribution in [0.1, 0.15) is 0 Å². The van der Waals surface area contributed by atoms with Crippen LogP contribution in [0.4, 0.5) is 0 Å². The highest BCUT2D eigenvalue weighted by molar-refractivity contribution is 5.81. The molecule has 0 saturated heterocycles. The highest BCUT2D eigenvalue weighted by Gasteiger charge is 2.06. The third-order valence-electron chi connectivity index (χ3n) is 2.62. The minimum Gasteiger partial charge on any atom is -0.352 e. The van der Waals surface area contributed by atoms with Gasteiger partial charge in [0, 0.05) is 17.8 Å². The SMILES string of the molecule is c1ccc2nc3c(nc2c1)[n-][n+]1cccn31. The van der Waals surface area contributed by atoms with Crippen LogP contribution in [0.5, 0.6) is 0 Å². The molecule has 0 aliphatic rings. The van der Waals surface area contributed by atoms with Crippen molar-refractivity contribution in [2.45, 2.75) is 0 Å². The van der Waals surface area contributed by atoms with Gasteiger partial charge in [-0.25, -0.2) is 4.98 Å². The summed E-state index contributed by atoms with van der Waals surface area (Å²) in [5.41, 5.74) is 3.21. The lowest BCUT2D eigenvalue weighted by molar-refractivity contribution is -0.674. The molecular weight excluding hydrogens is 202 g/mol. The molecule has 0 fully saturated rings. The summed E-state index contributed by atoms with van der Waals surface area (Å²) >= 11 is 0. The van der Waals surface area contributed by atoms with Crippen molar-refractivity contribution in [2.24, 2.45) is 0 Å². The molecule has 5 nitrogen and oxygen atoms in total. The number of fused-ring (bicyclic) bond motifs is 4. The lowest BCUT2D eigenvalue weighted by atomic mass is 10.3. The number of para-hydroxylation sites is 2. The van der Waals surface area contributed by atoms with Gasteiger partial charge in [0.15, 0.2) is 5.65 Å². The predicted molar refractivity (Wildman–Crippen MR) is 57.0 cm³/mol. The molecule has 76 valence electrons. The number of benzene rings is 1. The van der Waals surface area contributed by atoms with E-state index in [0.717, 1.165) is 16.7 Å². The van der Waals surface area contributed by atoms with Gasteiger partial charge in [0.05, 0.1) is 5.52 Å².